The lowest BCUT2D eigenvalue weighted by atomic mass is 10.1. The van der Waals surface area contributed by atoms with Crippen LogP contribution in [0.25, 0.3) is 0 Å². The average Bonchev–Trinajstić information content (AvgIpc) is 2.46. The summed E-state index contributed by atoms with van der Waals surface area (Å²) >= 11 is 0. The Morgan fingerprint density at radius 3 is 2.42 bits per heavy atom. The minimum absolute atomic E-state index is 0.0393. The van der Waals surface area contributed by atoms with Crippen molar-refractivity contribution in [3.8, 4) is 12.0 Å². The highest BCUT2D eigenvalue weighted by Gasteiger charge is 2.26. The van der Waals surface area contributed by atoms with Crippen LogP contribution >= 0.6 is 0 Å². The van der Waals surface area contributed by atoms with Gasteiger partial charge in [-0.25, -0.2) is 0 Å². The highest BCUT2D eigenvalue weighted by atomic mass is 16.5. The maximum atomic E-state index is 5.87. The molecule has 2 atom stereocenters. The lowest BCUT2D eigenvalue weighted by Gasteiger charge is -2.34. The lowest BCUT2D eigenvalue weighted by Crippen LogP contribution is -2.50. The van der Waals surface area contributed by atoms with Gasteiger partial charge in [0.15, 0.2) is 0 Å². The Bertz CT molecular complexity index is 407. The van der Waals surface area contributed by atoms with Gasteiger partial charge in [0.2, 0.25) is 5.95 Å². The van der Waals surface area contributed by atoms with E-state index in [1.807, 2.05) is 11.8 Å². The highest BCUT2D eigenvalue weighted by molar-refractivity contribution is 5.33. The van der Waals surface area contributed by atoms with E-state index in [2.05, 4.69) is 15.0 Å². The second-order valence-electron chi connectivity index (χ2n) is 4.32. The molecule has 8 heteroatoms. The van der Waals surface area contributed by atoms with Crippen molar-refractivity contribution in [1.82, 2.24) is 15.0 Å². The van der Waals surface area contributed by atoms with Gasteiger partial charge in [0.05, 0.1) is 26.9 Å². The maximum absolute atomic E-state index is 5.87. The fourth-order valence-corrected chi connectivity index (χ4v) is 1.83. The summed E-state index contributed by atoms with van der Waals surface area (Å²) in [5.41, 5.74) is 5.87. The molecule has 0 bridgehead atoms. The summed E-state index contributed by atoms with van der Waals surface area (Å²) in [5, 5.41) is 0. The Kier molecular flexibility index (Phi) is 4.33. The normalized spacial score (nSPS) is 21.1. The van der Waals surface area contributed by atoms with E-state index in [0.29, 0.717) is 25.6 Å². The number of anilines is 1. The van der Waals surface area contributed by atoms with Gasteiger partial charge in [0, 0.05) is 19.1 Å². The largest absolute Gasteiger partial charge is 0.467 e. The molecule has 106 valence electrons. The summed E-state index contributed by atoms with van der Waals surface area (Å²) in [6.45, 7) is 3.83. The first kappa shape index (κ1) is 13.8. The predicted octanol–water partition coefficient (Wildman–Crippen LogP) is -0.559. The van der Waals surface area contributed by atoms with Gasteiger partial charge in [-0.15, -0.1) is 4.98 Å². The van der Waals surface area contributed by atoms with Crippen molar-refractivity contribution in [3.63, 3.8) is 0 Å². The van der Waals surface area contributed by atoms with Gasteiger partial charge in [0.25, 0.3) is 0 Å². The molecule has 2 heterocycles. The van der Waals surface area contributed by atoms with Gasteiger partial charge in [-0.3, -0.25) is 0 Å². The molecule has 1 fully saturated rings. The fourth-order valence-electron chi connectivity index (χ4n) is 1.83. The standard InChI is InChI=1S/C11H19N5O3/c1-7(12)8-6-16(4-5-19-8)9-13-10(17-2)15-11(14-9)18-3/h7-8H,4-6,12H2,1-3H3. The predicted molar refractivity (Wildman–Crippen MR) is 68.5 cm³/mol. The zero-order valence-electron chi connectivity index (χ0n) is 11.4. The van der Waals surface area contributed by atoms with Crippen LogP contribution in [0.3, 0.4) is 0 Å². The molecule has 0 radical (unpaired) electrons. The second kappa shape index (κ2) is 5.98. The molecular formula is C11H19N5O3. The van der Waals surface area contributed by atoms with Crippen LogP contribution in [0.15, 0.2) is 0 Å². The Hall–Kier alpha value is -1.67. The molecule has 19 heavy (non-hydrogen) atoms. The summed E-state index contributed by atoms with van der Waals surface area (Å²) in [6, 6.07) is 0.407. The van der Waals surface area contributed by atoms with E-state index in [9.17, 15) is 0 Å². The van der Waals surface area contributed by atoms with Gasteiger partial charge in [0.1, 0.15) is 0 Å². The molecule has 0 amide bonds. The minimum Gasteiger partial charge on any atom is -0.467 e. The van der Waals surface area contributed by atoms with Gasteiger partial charge >= 0.3 is 12.0 Å². The molecule has 1 aromatic heterocycles. The van der Waals surface area contributed by atoms with Crippen LogP contribution in [0, 0.1) is 0 Å². The Morgan fingerprint density at radius 1 is 1.26 bits per heavy atom. The third-order valence-electron chi connectivity index (χ3n) is 2.91. The zero-order valence-corrected chi connectivity index (χ0v) is 11.4. The van der Waals surface area contributed by atoms with Gasteiger partial charge in [-0.2, -0.15) is 9.97 Å². The third-order valence-corrected chi connectivity index (χ3v) is 2.91. The van der Waals surface area contributed by atoms with Crippen molar-refractivity contribution in [2.24, 2.45) is 5.73 Å². The number of methoxy groups -OCH3 is 2. The Balaban J connectivity index is 2.20. The second-order valence-corrected chi connectivity index (χ2v) is 4.32. The van der Waals surface area contributed by atoms with Crippen LogP contribution < -0.4 is 20.1 Å². The van der Waals surface area contributed by atoms with E-state index in [4.69, 9.17) is 19.9 Å². The van der Waals surface area contributed by atoms with Crippen LogP contribution in [-0.4, -0.2) is 61.0 Å². The fraction of sp³-hybridized carbons (Fsp3) is 0.727. The number of ether oxygens (including phenoxy) is 3. The van der Waals surface area contributed by atoms with Crippen molar-refractivity contribution in [3.05, 3.63) is 0 Å². The maximum Gasteiger partial charge on any atom is 0.324 e. The summed E-state index contributed by atoms with van der Waals surface area (Å²) in [6.07, 6.45) is -0.0393. The molecule has 1 aliphatic heterocycles. The first-order chi connectivity index (χ1) is 9.13. The molecule has 0 spiro atoms. The molecule has 0 aromatic carbocycles. The van der Waals surface area contributed by atoms with Crippen LogP contribution in [0.4, 0.5) is 5.95 Å². The number of hydrogen-bond donors (Lipinski definition) is 1. The monoisotopic (exact) mass is 269 g/mol. The van der Waals surface area contributed by atoms with Crippen LogP contribution in [0.1, 0.15) is 6.92 Å². The van der Waals surface area contributed by atoms with Crippen LogP contribution in [0.2, 0.25) is 0 Å². The summed E-state index contributed by atoms with van der Waals surface area (Å²) in [4.78, 5) is 14.4. The molecule has 2 unspecified atom stereocenters. The van der Waals surface area contributed by atoms with Crippen molar-refractivity contribution in [1.29, 1.82) is 0 Å². The van der Waals surface area contributed by atoms with Gasteiger partial charge in [-0.05, 0) is 6.92 Å². The van der Waals surface area contributed by atoms with E-state index >= 15 is 0 Å². The van der Waals surface area contributed by atoms with E-state index in [1.54, 1.807) is 0 Å². The Labute approximate surface area is 111 Å². The molecule has 1 aliphatic rings. The Morgan fingerprint density at radius 2 is 1.89 bits per heavy atom. The third kappa shape index (κ3) is 3.21. The zero-order chi connectivity index (χ0) is 13.8. The van der Waals surface area contributed by atoms with Crippen molar-refractivity contribution in [2.45, 2.75) is 19.1 Å². The molecule has 0 saturated carbocycles. The summed E-state index contributed by atoms with van der Waals surface area (Å²) < 4.78 is 15.7. The van der Waals surface area contributed by atoms with Crippen molar-refractivity contribution in [2.75, 3.05) is 38.8 Å². The number of morpholine rings is 1. The van der Waals surface area contributed by atoms with E-state index < -0.39 is 0 Å². The quantitative estimate of drug-likeness (QED) is 0.777. The molecule has 2 rings (SSSR count). The smallest absolute Gasteiger partial charge is 0.324 e. The molecule has 2 N–H and O–H groups in total. The summed E-state index contributed by atoms with van der Waals surface area (Å²) in [5.74, 6) is 0.512. The highest BCUT2D eigenvalue weighted by Crippen LogP contribution is 2.19. The SMILES string of the molecule is COc1nc(OC)nc(N2CCOC(C(C)N)C2)n1. The van der Waals surface area contributed by atoms with Crippen LogP contribution in [-0.2, 0) is 4.74 Å². The number of nitrogens with two attached hydrogens (primary N) is 1. The molecule has 8 nitrogen and oxygen atoms in total. The number of rotatable bonds is 4. The van der Waals surface area contributed by atoms with E-state index in [0.717, 1.165) is 0 Å². The molecule has 0 aliphatic carbocycles. The number of hydrogen-bond acceptors (Lipinski definition) is 8. The topological polar surface area (TPSA) is 95.6 Å². The summed E-state index contributed by atoms with van der Waals surface area (Å²) in [7, 11) is 3.01. The van der Waals surface area contributed by atoms with Crippen LogP contribution in [0.5, 0.6) is 12.0 Å². The van der Waals surface area contributed by atoms with Crippen molar-refractivity contribution < 1.29 is 14.2 Å². The molecule has 1 saturated heterocycles. The van der Waals surface area contributed by atoms with E-state index in [-0.39, 0.29) is 24.2 Å². The van der Waals surface area contributed by atoms with E-state index in [1.165, 1.54) is 14.2 Å². The lowest BCUT2D eigenvalue weighted by molar-refractivity contribution is 0.0270. The van der Waals surface area contributed by atoms with Crippen molar-refractivity contribution >= 4 is 5.95 Å². The molecular weight excluding hydrogens is 250 g/mol. The number of nitrogens with zero attached hydrogens (tertiary/aromatic N) is 4. The van der Waals surface area contributed by atoms with Gasteiger partial charge < -0.3 is 24.8 Å². The average molecular weight is 269 g/mol. The minimum atomic E-state index is -0.0478. The van der Waals surface area contributed by atoms with Gasteiger partial charge in [-0.1, -0.05) is 0 Å². The first-order valence-electron chi connectivity index (χ1n) is 6.10. The molecule has 1 aromatic rings. The number of aromatic nitrogens is 3. The first-order valence-corrected chi connectivity index (χ1v) is 6.10.